The second kappa shape index (κ2) is 3.55. The van der Waals surface area contributed by atoms with E-state index in [4.69, 9.17) is 12.2 Å². The van der Waals surface area contributed by atoms with Gasteiger partial charge in [-0.15, -0.1) is 0 Å². The lowest BCUT2D eigenvalue weighted by Crippen LogP contribution is -2.50. The first-order chi connectivity index (χ1) is 8.90. The molecule has 6 nitrogen and oxygen atoms in total. The molecule has 1 aliphatic carbocycles. The molecule has 3 aliphatic rings. The Morgan fingerprint density at radius 3 is 2.74 bits per heavy atom. The maximum atomic E-state index is 12.1. The predicted octanol–water partition coefficient (Wildman–Crippen LogP) is -0.207. The number of hydrogen-bond acceptors (Lipinski definition) is 5. The van der Waals surface area contributed by atoms with E-state index in [1.807, 2.05) is 0 Å². The summed E-state index contributed by atoms with van der Waals surface area (Å²) in [5.41, 5.74) is -1.66. The van der Waals surface area contributed by atoms with Crippen molar-refractivity contribution in [2.24, 2.45) is 10.4 Å². The van der Waals surface area contributed by atoms with Crippen LogP contribution in [0, 0.1) is 5.41 Å². The van der Waals surface area contributed by atoms with Crippen molar-refractivity contribution in [3.05, 3.63) is 34.8 Å². The summed E-state index contributed by atoms with van der Waals surface area (Å²) in [5.74, 6) is -1.37. The predicted molar refractivity (Wildman–Crippen MR) is 70.9 cm³/mol. The van der Waals surface area contributed by atoms with E-state index in [-0.39, 0.29) is 14.7 Å². The van der Waals surface area contributed by atoms with Crippen molar-refractivity contribution >= 4 is 44.4 Å². The van der Waals surface area contributed by atoms with E-state index in [2.05, 4.69) is 10.3 Å². The average molecular weight is 294 g/mol. The fraction of sp³-hybridized carbons (Fsp3) is 0.0909. The molecule has 1 spiro atoms. The van der Waals surface area contributed by atoms with E-state index in [1.165, 1.54) is 24.3 Å². The van der Waals surface area contributed by atoms with E-state index in [1.54, 1.807) is 0 Å². The molecule has 1 N–H and O–H groups in total. The zero-order valence-corrected chi connectivity index (χ0v) is 10.9. The van der Waals surface area contributed by atoms with Crippen LogP contribution >= 0.6 is 12.2 Å². The molecule has 2 aliphatic heterocycles. The molecule has 0 bridgehead atoms. The lowest BCUT2D eigenvalue weighted by molar-refractivity contribution is -0.135. The minimum atomic E-state index is -3.78. The molecule has 19 heavy (non-hydrogen) atoms. The zero-order chi connectivity index (χ0) is 13.8. The molecular formula is C11H6N2O4S2. The minimum absolute atomic E-state index is 0.0688. The second-order valence-corrected chi connectivity index (χ2v) is 6.70. The Morgan fingerprint density at radius 1 is 1.32 bits per heavy atom. The monoisotopic (exact) mass is 294 g/mol. The molecule has 0 aromatic carbocycles. The number of carbonyl (C=O) groups excluding carboxylic acids is 2. The summed E-state index contributed by atoms with van der Waals surface area (Å²) in [7, 11) is -3.78. The van der Waals surface area contributed by atoms with Crippen LogP contribution in [0.15, 0.2) is 39.8 Å². The van der Waals surface area contributed by atoms with Gasteiger partial charge in [-0.05, 0) is 12.2 Å². The highest BCUT2D eigenvalue weighted by atomic mass is 32.2. The van der Waals surface area contributed by atoms with Crippen molar-refractivity contribution in [1.29, 1.82) is 0 Å². The molecule has 1 atom stereocenters. The first-order valence-corrected chi connectivity index (χ1v) is 7.09. The van der Waals surface area contributed by atoms with E-state index >= 15 is 0 Å². The van der Waals surface area contributed by atoms with Crippen LogP contribution in [0.5, 0.6) is 0 Å². The standard InChI is InChI=1S/C11H6N2O4S2/c14-9-11(10(15)13-5-12-9)3-1-2-7-6(11)4-8(18)19(7,16)17/h1-5H,(H,12,13,14,15). The first kappa shape index (κ1) is 12.1. The number of thiocarbonyl (C=S) groups is 1. The molecule has 0 saturated carbocycles. The summed E-state index contributed by atoms with van der Waals surface area (Å²) in [4.78, 5) is 27.5. The maximum Gasteiger partial charge on any atom is 0.271 e. The van der Waals surface area contributed by atoms with Gasteiger partial charge in [-0.1, -0.05) is 24.4 Å². The van der Waals surface area contributed by atoms with E-state index in [9.17, 15) is 18.0 Å². The third-order valence-corrected chi connectivity index (χ3v) is 5.53. The fourth-order valence-corrected chi connectivity index (χ4v) is 3.87. The molecule has 2 heterocycles. The summed E-state index contributed by atoms with van der Waals surface area (Å²) >= 11 is 4.79. The molecule has 96 valence electrons. The zero-order valence-electron chi connectivity index (χ0n) is 9.28. The summed E-state index contributed by atoms with van der Waals surface area (Å²) < 4.78 is 23.7. The second-order valence-electron chi connectivity index (χ2n) is 4.12. The summed E-state index contributed by atoms with van der Waals surface area (Å²) in [5, 5.41) is 2.32. The van der Waals surface area contributed by atoms with Crippen LogP contribution in [0.4, 0.5) is 0 Å². The highest BCUT2D eigenvalue weighted by molar-refractivity contribution is 8.20. The Balaban J connectivity index is 2.31. The number of sulfone groups is 1. The Bertz CT molecular complexity index is 771. The average Bonchev–Trinajstić information content (AvgIpc) is 2.59. The Hall–Kier alpha value is -1.93. The third kappa shape index (κ3) is 1.32. The van der Waals surface area contributed by atoms with E-state index in [0.29, 0.717) is 0 Å². The largest absolute Gasteiger partial charge is 0.315 e. The van der Waals surface area contributed by atoms with Crippen molar-refractivity contribution in [3.63, 3.8) is 0 Å². The topological polar surface area (TPSA) is 92.7 Å². The molecule has 0 aromatic rings. The number of fused-ring (bicyclic) bond motifs is 2. The molecular weight excluding hydrogens is 288 g/mol. The van der Waals surface area contributed by atoms with Gasteiger partial charge in [0.1, 0.15) is 4.20 Å². The number of rotatable bonds is 0. The first-order valence-electron chi connectivity index (χ1n) is 5.20. The summed E-state index contributed by atoms with van der Waals surface area (Å²) in [6, 6.07) is 0. The molecule has 0 radical (unpaired) electrons. The third-order valence-electron chi connectivity index (χ3n) is 3.17. The Kier molecular flexibility index (Phi) is 2.26. The van der Waals surface area contributed by atoms with Gasteiger partial charge >= 0.3 is 0 Å². The lowest BCUT2D eigenvalue weighted by atomic mass is 9.75. The van der Waals surface area contributed by atoms with Crippen LogP contribution in [0.1, 0.15) is 0 Å². The molecule has 3 rings (SSSR count). The molecule has 0 aromatic heterocycles. The van der Waals surface area contributed by atoms with Gasteiger partial charge in [0.2, 0.25) is 15.7 Å². The fourth-order valence-electron chi connectivity index (χ4n) is 2.22. The number of amides is 2. The van der Waals surface area contributed by atoms with Crippen LogP contribution in [-0.2, 0) is 19.4 Å². The Morgan fingerprint density at radius 2 is 2.05 bits per heavy atom. The van der Waals surface area contributed by atoms with Crippen LogP contribution < -0.4 is 5.32 Å². The number of aliphatic imine (C=N–C) groups is 1. The molecule has 0 fully saturated rings. The van der Waals surface area contributed by atoms with Crippen LogP contribution in [0.2, 0.25) is 0 Å². The van der Waals surface area contributed by atoms with E-state index in [0.717, 1.165) is 6.34 Å². The van der Waals surface area contributed by atoms with Gasteiger partial charge in [0.05, 0.1) is 11.2 Å². The quantitative estimate of drug-likeness (QED) is 0.493. The number of nitrogens with zero attached hydrogens (tertiary/aromatic N) is 1. The normalized spacial score (nSPS) is 31.1. The molecule has 8 heteroatoms. The minimum Gasteiger partial charge on any atom is -0.315 e. The van der Waals surface area contributed by atoms with E-state index < -0.39 is 27.1 Å². The molecule has 2 amide bonds. The van der Waals surface area contributed by atoms with Gasteiger partial charge in [0.15, 0.2) is 5.41 Å². The van der Waals surface area contributed by atoms with Crippen molar-refractivity contribution < 1.29 is 18.0 Å². The van der Waals surface area contributed by atoms with Crippen LogP contribution in [-0.4, -0.2) is 30.8 Å². The van der Waals surface area contributed by atoms with Gasteiger partial charge in [0.25, 0.3) is 5.91 Å². The lowest BCUT2D eigenvalue weighted by Gasteiger charge is -2.30. The molecule has 0 saturated heterocycles. The van der Waals surface area contributed by atoms with Crippen LogP contribution in [0.25, 0.3) is 0 Å². The highest BCUT2D eigenvalue weighted by Gasteiger charge is 2.55. The Labute approximate surface area is 113 Å². The summed E-state index contributed by atoms with van der Waals surface area (Å²) in [6.45, 7) is 0. The van der Waals surface area contributed by atoms with Crippen molar-refractivity contribution in [3.8, 4) is 0 Å². The van der Waals surface area contributed by atoms with Crippen LogP contribution in [0.3, 0.4) is 0 Å². The van der Waals surface area contributed by atoms with Gasteiger partial charge in [-0.25, -0.2) is 13.4 Å². The smallest absolute Gasteiger partial charge is 0.271 e. The van der Waals surface area contributed by atoms with Crippen molar-refractivity contribution in [2.45, 2.75) is 0 Å². The highest BCUT2D eigenvalue weighted by Crippen LogP contribution is 2.45. The van der Waals surface area contributed by atoms with Gasteiger partial charge < -0.3 is 5.32 Å². The van der Waals surface area contributed by atoms with Crippen molar-refractivity contribution in [1.82, 2.24) is 5.32 Å². The number of hydrogen-bond donors (Lipinski definition) is 1. The molecule has 1 unspecified atom stereocenters. The van der Waals surface area contributed by atoms with Gasteiger partial charge in [0, 0.05) is 5.57 Å². The number of carbonyl (C=O) groups is 2. The van der Waals surface area contributed by atoms with Gasteiger partial charge in [-0.3, -0.25) is 9.59 Å². The SMILES string of the molecule is O=C1N=CNC(=O)C12C=CC=C1C2=CC(=S)S1(=O)=O. The van der Waals surface area contributed by atoms with Crippen molar-refractivity contribution in [2.75, 3.05) is 0 Å². The number of nitrogens with one attached hydrogen (secondary N) is 1. The van der Waals surface area contributed by atoms with Gasteiger partial charge in [-0.2, -0.15) is 0 Å². The number of allylic oxidation sites excluding steroid dienone is 3. The summed E-state index contributed by atoms with van der Waals surface area (Å²) in [6.07, 6.45) is 6.18. The maximum absolute atomic E-state index is 12.1.